The molecule has 1 saturated heterocycles. The van der Waals surface area contributed by atoms with Gasteiger partial charge in [-0.3, -0.25) is 4.39 Å². The SMILES string of the molecule is FCCCC[SiH]1CCC(C2CCC(c3cc(F)c(OC(F)F)c(F)c3)CC2)CC1. The molecule has 2 fully saturated rings. The van der Waals surface area contributed by atoms with E-state index >= 15 is 0 Å². The van der Waals surface area contributed by atoms with Gasteiger partial charge in [0.25, 0.3) is 0 Å². The van der Waals surface area contributed by atoms with Crippen LogP contribution in [0.15, 0.2) is 12.1 Å². The molecule has 0 radical (unpaired) electrons. The van der Waals surface area contributed by atoms with Crippen molar-refractivity contribution in [2.75, 3.05) is 6.67 Å². The Balaban J connectivity index is 1.48. The summed E-state index contributed by atoms with van der Waals surface area (Å²) in [4.78, 5) is 0. The van der Waals surface area contributed by atoms with Gasteiger partial charge >= 0.3 is 6.61 Å². The number of halogens is 5. The minimum Gasteiger partial charge on any atom is -0.429 e. The second kappa shape index (κ2) is 10.8. The molecule has 0 amide bonds. The van der Waals surface area contributed by atoms with Crippen LogP contribution in [0.5, 0.6) is 5.75 Å². The standard InChI is InChI=1S/C22H31F5OSi/c23-9-1-2-10-29-11-7-17(8-12-29)15-3-5-16(6-4-15)18-13-19(24)21(20(25)14-18)28-22(26)27/h13-17,22,29H,1-12H2. The van der Waals surface area contributed by atoms with Crippen LogP contribution in [0.1, 0.15) is 62.8 Å². The van der Waals surface area contributed by atoms with Gasteiger partial charge in [0.15, 0.2) is 17.4 Å². The highest BCUT2D eigenvalue weighted by molar-refractivity contribution is 6.58. The molecule has 1 aliphatic heterocycles. The molecule has 1 aromatic rings. The molecule has 7 heteroatoms. The Kier molecular flexibility index (Phi) is 8.39. The number of rotatable bonds is 8. The molecule has 0 unspecified atom stereocenters. The predicted molar refractivity (Wildman–Crippen MR) is 107 cm³/mol. The van der Waals surface area contributed by atoms with Crippen molar-refractivity contribution in [1.29, 1.82) is 0 Å². The zero-order valence-electron chi connectivity index (χ0n) is 16.8. The largest absolute Gasteiger partial charge is 0.429 e. The molecule has 1 nitrogen and oxygen atoms in total. The Hall–Kier alpha value is -1.11. The van der Waals surface area contributed by atoms with Gasteiger partial charge in [-0.15, -0.1) is 0 Å². The molecule has 0 N–H and O–H groups in total. The lowest BCUT2D eigenvalue weighted by molar-refractivity contribution is -0.0546. The molecule has 0 aromatic heterocycles. The minimum atomic E-state index is -3.25. The minimum absolute atomic E-state index is 0.0715. The summed E-state index contributed by atoms with van der Waals surface area (Å²) in [7, 11) is -0.654. The summed E-state index contributed by atoms with van der Waals surface area (Å²) in [5.74, 6) is -1.59. The second-order valence-electron chi connectivity index (χ2n) is 8.77. The molecule has 0 spiro atoms. The predicted octanol–water partition coefficient (Wildman–Crippen LogP) is 7.23. The van der Waals surface area contributed by atoms with Crippen molar-refractivity contribution in [2.24, 2.45) is 11.8 Å². The molecule has 1 heterocycles. The van der Waals surface area contributed by atoms with Gasteiger partial charge in [0.2, 0.25) is 0 Å². The van der Waals surface area contributed by atoms with E-state index < -0.39 is 32.8 Å². The quantitative estimate of drug-likeness (QED) is 0.238. The highest BCUT2D eigenvalue weighted by Crippen LogP contribution is 2.44. The molecule has 164 valence electrons. The van der Waals surface area contributed by atoms with E-state index in [1.807, 2.05) is 0 Å². The summed E-state index contributed by atoms with van der Waals surface area (Å²) in [6, 6.07) is 6.34. The maximum Gasteiger partial charge on any atom is 0.387 e. The van der Waals surface area contributed by atoms with E-state index in [4.69, 9.17) is 0 Å². The van der Waals surface area contributed by atoms with E-state index in [1.165, 1.54) is 31.0 Å². The molecule has 2 aliphatic rings. The lowest BCUT2D eigenvalue weighted by atomic mass is 9.72. The number of benzene rings is 1. The third-order valence-electron chi connectivity index (χ3n) is 7.02. The fourth-order valence-corrected chi connectivity index (χ4v) is 8.95. The molecular weight excluding hydrogens is 403 g/mol. The molecule has 29 heavy (non-hydrogen) atoms. The first-order valence-corrected chi connectivity index (χ1v) is 13.4. The van der Waals surface area contributed by atoms with Crippen molar-refractivity contribution in [2.45, 2.75) is 82.0 Å². The number of unbranched alkanes of at least 4 members (excludes halogenated alkanes) is 1. The smallest absolute Gasteiger partial charge is 0.387 e. The molecule has 0 atom stereocenters. The third-order valence-corrected chi connectivity index (χ3v) is 10.5. The molecule has 1 saturated carbocycles. The molecule has 3 rings (SSSR count). The molecule has 1 aliphatic carbocycles. The van der Waals surface area contributed by atoms with Gasteiger partial charge in [-0.2, -0.15) is 8.78 Å². The number of hydrogen-bond donors (Lipinski definition) is 0. The maximum atomic E-state index is 14.0. The zero-order chi connectivity index (χ0) is 20.8. The van der Waals surface area contributed by atoms with Crippen LogP contribution >= 0.6 is 0 Å². The summed E-state index contributed by atoms with van der Waals surface area (Å²) in [6.07, 6.45) is 8.24. The summed E-state index contributed by atoms with van der Waals surface area (Å²) >= 11 is 0. The Labute approximate surface area is 171 Å². The van der Waals surface area contributed by atoms with Gasteiger partial charge in [-0.25, -0.2) is 8.78 Å². The van der Waals surface area contributed by atoms with Crippen molar-refractivity contribution in [1.82, 2.24) is 0 Å². The first kappa shape index (κ1) is 22.6. The van der Waals surface area contributed by atoms with Crippen molar-refractivity contribution in [3.05, 3.63) is 29.3 Å². The van der Waals surface area contributed by atoms with Crippen molar-refractivity contribution < 1.29 is 26.7 Å². The van der Waals surface area contributed by atoms with Gasteiger partial charge in [0.1, 0.15) is 0 Å². The highest BCUT2D eigenvalue weighted by Gasteiger charge is 2.32. The van der Waals surface area contributed by atoms with Crippen LogP contribution in [0.4, 0.5) is 22.0 Å². The van der Waals surface area contributed by atoms with E-state index in [-0.39, 0.29) is 12.6 Å². The van der Waals surface area contributed by atoms with E-state index in [1.54, 1.807) is 0 Å². The third kappa shape index (κ3) is 6.19. The fraction of sp³-hybridized carbons (Fsp3) is 0.727. The first-order valence-electron chi connectivity index (χ1n) is 11.0. The maximum absolute atomic E-state index is 14.0. The van der Waals surface area contributed by atoms with E-state index in [0.717, 1.165) is 50.2 Å². The topological polar surface area (TPSA) is 9.23 Å². The molecule has 1 aromatic carbocycles. The summed E-state index contributed by atoms with van der Waals surface area (Å²) in [5, 5.41) is 0. The number of ether oxygens (including phenoxy) is 1. The highest BCUT2D eigenvalue weighted by atomic mass is 28.3. The summed E-state index contributed by atoms with van der Waals surface area (Å²) in [6.45, 7) is -3.44. The van der Waals surface area contributed by atoms with E-state index in [2.05, 4.69) is 4.74 Å². The average Bonchev–Trinajstić information content (AvgIpc) is 2.71. The second-order valence-corrected chi connectivity index (χ2v) is 12.2. The molecule has 0 bridgehead atoms. The van der Waals surface area contributed by atoms with Crippen LogP contribution in [-0.4, -0.2) is 22.1 Å². The normalized spacial score (nSPS) is 27.9. The molecular formula is C22H31F5OSi. The first-order chi connectivity index (χ1) is 14.0. The monoisotopic (exact) mass is 434 g/mol. The van der Waals surface area contributed by atoms with Crippen molar-refractivity contribution >= 4 is 8.80 Å². The van der Waals surface area contributed by atoms with Gasteiger partial charge in [-0.05, 0) is 67.6 Å². The lowest BCUT2D eigenvalue weighted by Gasteiger charge is -2.37. The van der Waals surface area contributed by atoms with Gasteiger partial charge in [0, 0.05) is 8.80 Å². The van der Waals surface area contributed by atoms with E-state index in [9.17, 15) is 22.0 Å². The fourth-order valence-electron chi connectivity index (χ4n) is 5.42. The average molecular weight is 435 g/mol. The van der Waals surface area contributed by atoms with Gasteiger partial charge < -0.3 is 4.74 Å². The van der Waals surface area contributed by atoms with Crippen molar-refractivity contribution in [3.63, 3.8) is 0 Å². The zero-order valence-corrected chi connectivity index (χ0v) is 18.0. The van der Waals surface area contributed by atoms with Crippen LogP contribution < -0.4 is 4.74 Å². The number of alkyl halides is 3. The van der Waals surface area contributed by atoms with Crippen LogP contribution in [0.3, 0.4) is 0 Å². The van der Waals surface area contributed by atoms with Crippen molar-refractivity contribution in [3.8, 4) is 5.75 Å². The Bertz CT molecular complexity index is 617. The Morgan fingerprint density at radius 1 is 0.897 bits per heavy atom. The Morgan fingerprint density at radius 3 is 2.03 bits per heavy atom. The summed E-state index contributed by atoms with van der Waals surface area (Å²) < 4.78 is 68.8. The van der Waals surface area contributed by atoms with Gasteiger partial charge in [-0.1, -0.05) is 37.4 Å². The van der Waals surface area contributed by atoms with Crippen LogP contribution in [0.2, 0.25) is 18.1 Å². The van der Waals surface area contributed by atoms with Gasteiger partial charge in [0.05, 0.1) is 6.67 Å². The summed E-state index contributed by atoms with van der Waals surface area (Å²) in [5.41, 5.74) is 0.545. The number of hydrogen-bond acceptors (Lipinski definition) is 1. The Morgan fingerprint density at radius 2 is 1.48 bits per heavy atom. The van der Waals surface area contributed by atoms with Crippen LogP contribution in [0, 0.1) is 23.5 Å². The van der Waals surface area contributed by atoms with E-state index in [0.29, 0.717) is 17.9 Å². The van der Waals surface area contributed by atoms with Crippen LogP contribution in [0.25, 0.3) is 0 Å². The lowest BCUT2D eigenvalue weighted by Crippen LogP contribution is -2.28. The van der Waals surface area contributed by atoms with Crippen LogP contribution in [-0.2, 0) is 0 Å².